The van der Waals surface area contributed by atoms with E-state index < -0.39 is 0 Å². The molecule has 1 heterocycles. The number of hydrogen-bond donors (Lipinski definition) is 1. The minimum atomic E-state index is -0.206. The summed E-state index contributed by atoms with van der Waals surface area (Å²) in [7, 11) is 1.71. The van der Waals surface area contributed by atoms with Crippen molar-refractivity contribution in [2.45, 2.75) is 51.8 Å². The standard InChI is InChI=1S/C12H23N3O/c1-5-7-15-8-6-14-11(15)10(13)9-12(2,3)16-4/h6,8,10H,5,7,9,13H2,1-4H3. The minimum Gasteiger partial charge on any atom is -0.379 e. The zero-order chi connectivity index (χ0) is 12.2. The monoisotopic (exact) mass is 225 g/mol. The highest BCUT2D eigenvalue weighted by atomic mass is 16.5. The van der Waals surface area contributed by atoms with E-state index in [0.717, 1.165) is 25.2 Å². The van der Waals surface area contributed by atoms with Gasteiger partial charge in [-0.25, -0.2) is 4.98 Å². The molecule has 0 bridgehead atoms. The van der Waals surface area contributed by atoms with E-state index in [9.17, 15) is 0 Å². The third-order valence-corrected chi connectivity index (χ3v) is 2.81. The molecule has 0 aliphatic carbocycles. The summed E-state index contributed by atoms with van der Waals surface area (Å²) in [6, 6.07) is -0.0727. The number of aromatic nitrogens is 2. The van der Waals surface area contributed by atoms with E-state index in [4.69, 9.17) is 10.5 Å². The van der Waals surface area contributed by atoms with Gasteiger partial charge in [-0.15, -0.1) is 0 Å². The fourth-order valence-electron chi connectivity index (χ4n) is 1.78. The topological polar surface area (TPSA) is 53.1 Å². The molecule has 1 rings (SSSR count). The predicted octanol–water partition coefficient (Wildman–Crippen LogP) is 2.11. The smallest absolute Gasteiger partial charge is 0.125 e. The molecule has 4 heteroatoms. The Bertz CT molecular complexity index is 320. The fourth-order valence-corrected chi connectivity index (χ4v) is 1.78. The van der Waals surface area contributed by atoms with E-state index in [1.807, 2.05) is 26.2 Å². The van der Waals surface area contributed by atoms with Gasteiger partial charge < -0.3 is 15.0 Å². The van der Waals surface area contributed by atoms with Crippen molar-refractivity contribution in [1.82, 2.24) is 9.55 Å². The lowest BCUT2D eigenvalue weighted by molar-refractivity contribution is 0.00910. The largest absolute Gasteiger partial charge is 0.379 e. The second-order valence-electron chi connectivity index (χ2n) is 4.75. The van der Waals surface area contributed by atoms with Crippen molar-refractivity contribution in [3.63, 3.8) is 0 Å². The predicted molar refractivity (Wildman–Crippen MR) is 65.2 cm³/mol. The maximum Gasteiger partial charge on any atom is 0.125 e. The molecule has 0 aliphatic rings. The molecule has 0 aliphatic heterocycles. The molecule has 0 saturated heterocycles. The van der Waals surface area contributed by atoms with E-state index in [2.05, 4.69) is 16.5 Å². The number of nitrogens with zero attached hydrogens (tertiary/aromatic N) is 2. The van der Waals surface area contributed by atoms with Crippen LogP contribution in [-0.4, -0.2) is 22.3 Å². The first-order chi connectivity index (χ1) is 7.50. The molecule has 0 fully saturated rings. The summed E-state index contributed by atoms with van der Waals surface area (Å²) in [5.41, 5.74) is 5.96. The Morgan fingerprint density at radius 3 is 2.81 bits per heavy atom. The lowest BCUT2D eigenvalue weighted by Gasteiger charge is -2.26. The average Bonchev–Trinajstić information content (AvgIpc) is 2.66. The zero-order valence-electron chi connectivity index (χ0n) is 10.7. The highest BCUT2D eigenvalue weighted by Gasteiger charge is 2.23. The highest BCUT2D eigenvalue weighted by Crippen LogP contribution is 2.23. The van der Waals surface area contributed by atoms with Crippen LogP contribution in [0.4, 0.5) is 0 Å². The van der Waals surface area contributed by atoms with Crippen molar-refractivity contribution in [1.29, 1.82) is 0 Å². The first kappa shape index (κ1) is 13.2. The molecular formula is C12H23N3O. The summed E-state index contributed by atoms with van der Waals surface area (Å²) in [6.07, 6.45) is 5.65. The van der Waals surface area contributed by atoms with Crippen molar-refractivity contribution in [3.05, 3.63) is 18.2 Å². The number of nitrogens with two attached hydrogens (primary N) is 1. The molecular weight excluding hydrogens is 202 g/mol. The average molecular weight is 225 g/mol. The quantitative estimate of drug-likeness (QED) is 0.806. The Morgan fingerprint density at radius 1 is 1.56 bits per heavy atom. The van der Waals surface area contributed by atoms with Gasteiger partial charge in [0.05, 0.1) is 11.6 Å². The summed E-state index contributed by atoms with van der Waals surface area (Å²) >= 11 is 0. The van der Waals surface area contributed by atoms with E-state index in [1.165, 1.54) is 0 Å². The maximum absolute atomic E-state index is 6.17. The second-order valence-corrected chi connectivity index (χ2v) is 4.75. The van der Waals surface area contributed by atoms with Crippen LogP contribution >= 0.6 is 0 Å². The molecule has 0 radical (unpaired) electrons. The van der Waals surface area contributed by atoms with Gasteiger partial charge in [0.1, 0.15) is 5.82 Å². The van der Waals surface area contributed by atoms with Crippen molar-refractivity contribution < 1.29 is 4.74 Å². The Kier molecular flexibility index (Phi) is 4.50. The van der Waals surface area contributed by atoms with Crippen LogP contribution in [0.15, 0.2) is 12.4 Å². The van der Waals surface area contributed by atoms with Crippen LogP contribution in [0.1, 0.15) is 45.5 Å². The summed E-state index contributed by atoms with van der Waals surface area (Å²) in [4.78, 5) is 4.34. The first-order valence-corrected chi connectivity index (χ1v) is 5.82. The van der Waals surface area contributed by atoms with Crippen LogP contribution in [0.5, 0.6) is 0 Å². The molecule has 1 atom stereocenters. The van der Waals surface area contributed by atoms with Gasteiger partial charge in [0.2, 0.25) is 0 Å². The van der Waals surface area contributed by atoms with E-state index in [1.54, 1.807) is 7.11 Å². The van der Waals surface area contributed by atoms with Gasteiger partial charge in [-0.05, 0) is 26.7 Å². The fraction of sp³-hybridized carbons (Fsp3) is 0.750. The molecule has 1 aromatic heterocycles. The molecule has 1 aromatic rings. The summed E-state index contributed by atoms with van der Waals surface area (Å²) < 4.78 is 7.51. The lowest BCUT2D eigenvalue weighted by Crippen LogP contribution is -2.30. The number of rotatable bonds is 6. The summed E-state index contributed by atoms with van der Waals surface area (Å²) in [6.45, 7) is 7.20. The first-order valence-electron chi connectivity index (χ1n) is 5.82. The van der Waals surface area contributed by atoms with Gasteiger partial charge in [0, 0.05) is 26.0 Å². The van der Waals surface area contributed by atoms with Crippen LogP contribution in [0, 0.1) is 0 Å². The van der Waals surface area contributed by atoms with Gasteiger partial charge >= 0.3 is 0 Å². The number of imidazole rings is 1. The Morgan fingerprint density at radius 2 is 2.25 bits per heavy atom. The highest BCUT2D eigenvalue weighted by molar-refractivity contribution is 5.00. The van der Waals surface area contributed by atoms with Crippen LogP contribution in [0.3, 0.4) is 0 Å². The number of ether oxygens (including phenoxy) is 1. The normalized spacial score (nSPS) is 14.1. The summed E-state index contributed by atoms with van der Waals surface area (Å²) in [5.74, 6) is 0.951. The molecule has 16 heavy (non-hydrogen) atoms. The molecule has 1 unspecified atom stereocenters. The SMILES string of the molecule is CCCn1ccnc1C(N)CC(C)(C)OC. The van der Waals surface area contributed by atoms with E-state index in [-0.39, 0.29) is 11.6 Å². The van der Waals surface area contributed by atoms with Crippen LogP contribution < -0.4 is 5.73 Å². The third kappa shape index (κ3) is 3.32. The molecule has 0 aromatic carbocycles. The minimum absolute atomic E-state index is 0.0727. The van der Waals surface area contributed by atoms with Gasteiger partial charge in [-0.3, -0.25) is 0 Å². The van der Waals surface area contributed by atoms with Crippen molar-refractivity contribution in [2.24, 2.45) is 5.73 Å². The van der Waals surface area contributed by atoms with E-state index >= 15 is 0 Å². The van der Waals surface area contributed by atoms with Gasteiger partial charge in [-0.1, -0.05) is 6.92 Å². The third-order valence-electron chi connectivity index (χ3n) is 2.81. The second kappa shape index (κ2) is 5.46. The summed E-state index contributed by atoms with van der Waals surface area (Å²) in [5, 5.41) is 0. The Labute approximate surface area is 97.8 Å². The molecule has 0 amide bonds. The van der Waals surface area contributed by atoms with Crippen molar-refractivity contribution in [3.8, 4) is 0 Å². The lowest BCUT2D eigenvalue weighted by atomic mass is 9.99. The van der Waals surface area contributed by atoms with Crippen LogP contribution in [0.25, 0.3) is 0 Å². The van der Waals surface area contributed by atoms with Crippen LogP contribution in [-0.2, 0) is 11.3 Å². The molecule has 2 N–H and O–H groups in total. The zero-order valence-corrected chi connectivity index (χ0v) is 10.7. The maximum atomic E-state index is 6.17. The van der Waals surface area contributed by atoms with Gasteiger partial charge in [-0.2, -0.15) is 0 Å². The number of hydrogen-bond acceptors (Lipinski definition) is 3. The Hall–Kier alpha value is -0.870. The van der Waals surface area contributed by atoms with Gasteiger partial charge in [0.25, 0.3) is 0 Å². The Balaban J connectivity index is 2.72. The number of aryl methyl sites for hydroxylation is 1. The molecule has 92 valence electrons. The van der Waals surface area contributed by atoms with Gasteiger partial charge in [0.15, 0.2) is 0 Å². The van der Waals surface area contributed by atoms with E-state index in [0.29, 0.717) is 0 Å². The van der Waals surface area contributed by atoms with Crippen molar-refractivity contribution >= 4 is 0 Å². The molecule has 0 saturated carbocycles. The molecule has 0 spiro atoms. The van der Waals surface area contributed by atoms with Crippen LogP contribution in [0.2, 0.25) is 0 Å². The van der Waals surface area contributed by atoms with Crippen molar-refractivity contribution in [2.75, 3.05) is 7.11 Å². The number of methoxy groups -OCH3 is 1. The molecule has 4 nitrogen and oxygen atoms in total.